The van der Waals surface area contributed by atoms with Crippen LogP contribution in [0.3, 0.4) is 0 Å². The van der Waals surface area contributed by atoms with Crippen LogP contribution < -0.4 is 14.8 Å². The molecular weight excluding hydrogens is 312 g/mol. The molecule has 126 valence electrons. The molecule has 1 amide bonds. The van der Waals surface area contributed by atoms with E-state index in [4.69, 9.17) is 9.47 Å². The normalized spacial score (nSPS) is 11.5. The molecule has 0 spiro atoms. The molecule has 0 heterocycles. The first kappa shape index (κ1) is 17.3. The SMILES string of the molecule is COc1ccccc1O[C@H](C)C(=O)Nc1cccc([N+](=O)[O-])c1C. The van der Waals surface area contributed by atoms with E-state index in [-0.39, 0.29) is 5.69 Å². The Bertz CT molecular complexity index is 760. The lowest BCUT2D eigenvalue weighted by atomic mass is 10.1. The number of anilines is 1. The molecule has 0 aliphatic heterocycles. The highest BCUT2D eigenvalue weighted by molar-refractivity contribution is 5.95. The summed E-state index contributed by atoms with van der Waals surface area (Å²) in [6.07, 6.45) is -0.806. The van der Waals surface area contributed by atoms with Crippen molar-refractivity contribution >= 4 is 17.3 Å². The summed E-state index contributed by atoms with van der Waals surface area (Å²) in [5, 5.41) is 13.6. The van der Waals surface area contributed by atoms with E-state index in [1.807, 2.05) is 0 Å². The van der Waals surface area contributed by atoms with Crippen molar-refractivity contribution in [2.75, 3.05) is 12.4 Å². The molecule has 7 heteroatoms. The topological polar surface area (TPSA) is 90.7 Å². The zero-order valence-electron chi connectivity index (χ0n) is 13.6. The molecule has 2 aromatic rings. The molecule has 2 rings (SSSR count). The maximum absolute atomic E-state index is 12.3. The smallest absolute Gasteiger partial charge is 0.274 e. The van der Waals surface area contributed by atoms with Crippen LogP contribution in [-0.4, -0.2) is 24.0 Å². The minimum Gasteiger partial charge on any atom is -0.493 e. The Kier molecular flexibility index (Phi) is 5.36. The van der Waals surface area contributed by atoms with Gasteiger partial charge in [0.25, 0.3) is 11.6 Å². The maximum Gasteiger partial charge on any atom is 0.274 e. The van der Waals surface area contributed by atoms with Crippen molar-refractivity contribution in [2.45, 2.75) is 20.0 Å². The molecule has 0 saturated carbocycles. The molecule has 1 atom stereocenters. The molecule has 0 aromatic heterocycles. The van der Waals surface area contributed by atoms with Crippen molar-refractivity contribution in [3.05, 3.63) is 58.1 Å². The molecule has 0 radical (unpaired) electrons. The molecule has 0 saturated heterocycles. The van der Waals surface area contributed by atoms with Crippen LogP contribution in [0.15, 0.2) is 42.5 Å². The molecule has 7 nitrogen and oxygen atoms in total. The quantitative estimate of drug-likeness (QED) is 0.648. The van der Waals surface area contributed by atoms with Crippen LogP contribution in [0.1, 0.15) is 12.5 Å². The number of amides is 1. The lowest BCUT2D eigenvalue weighted by Gasteiger charge is -2.17. The van der Waals surface area contributed by atoms with Crippen LogP contribution in [0, 0.1) is 17.0 Å². The average molecular weight is 330 g/mol. The van der Waals surface area contributed by atoms with Crippen molar-refractivity contribution in [2.24, 2.45) is 0 Å². The van der Waals surface area contributed by atoms with E-state index in [2.05, 4.69) is 5.32 Å². The summed E-state index contributed by atoms with van der Waals surface area (Å²) < 4.78 is 10.8. The molecule has 0 fully saturated rings. The van der Waals surface area contributed by atoms with Crippen LogP contribution in [-0.2, 0) is 4.79 Å². The first-order valence-corrected chi connectivity index (χ1v) is 7.28. The van der Waals surface area contributed by atoms with Gasteiger partial charge in [0.15, 0.2) is 17.6 Å². The summed E-state index contributed by atoms with van der Waals surface area (Å²) in [7, 11) is 1.51. The summed E-state index contributed by atoms with van der Waals surface area (Å²) >= 11 is 0. The molecule has 1 N–H and O–H groups in total. The largest absolute Gasteiger partial charge is 0.493 e. The lowest BCUT2D eigenvalue weighted by Crippen LogP contribution is -2.30. The highest BCUT2D eigenvalue weighted by Crippen LogP contribution is 2.28. The van der Waals surface area contributed by atoms with E-state index < -0.39 is 16.9 Å². The van der Waals surface area contributed by atoms with E-state index in [0.29, 0.717) is 22.7 Å². The Morgan fingerprint density at radius 2 is 1.83 bits per heavy atom. The van der Waals surface area contributed by atoms with Gasteiger partial charge in [-0.2, -0.15) is 0 Å². The number of nitro groups is 1. The van der Waals surface area contributed by atoms with Gasteiger partial charge in [-0.3, -0.25) is 14.9 Å². The molecule has 24 heavy (non-hydrogen) atoms. The highest BCUT2D eigenvalue weighted by Gasteiger charge is 2.20. The van der Waals surface area contributed by atoms with Crippen LogP contribution in [0.5, 0.6) is 11.5 Å². The summed E-state index contributed by atoms with van der Waals surface area (Å²) in [5.41, 5.74) is 0.719. The number of para-hydroxylation sites is 2. The van der Waals surface area contributed by atoms with Crippen molar-refractivity contribution in [3.63, 3.8) is 0 Å². The molecule has 2 aromatic carbocycles. The van der Waals surface area contributed by atoms with E-state index in [9.17, 15) is 14.9 Å². The Labute approximate surface area is 139 Å². The van der Waals surface area contributed by atoms with Crippen LogP contribution in [0.4, 0.5) is 11.4 Å². The number of nitrogens with zero attached hydrogens (tertiary/aromatic N) is 1. The first-order chi connectivity index (χ1) is 11.4. The van der Waals surface area contributed by atoms with Crippen molar-refractivity contribution in [1.82, 2.24) is 0 Å². The van der Waals surface area contributed by atoms with Crippen molar-refractivity contribution < 1.29 is 19.2 Å². The van der Waals surface area contributed by atoms with Gasteiger partial charge >= 0.3 is 0 Å². The van der Waals surface area contributed by atoms with E-state index in [1.165, 1.54) is 19.2 Å². The third-order valence-corrected chi connectivity index (χ3v) is 3.50. The Morgan fingerprint density at radius 1 is 1.17 bits per heavy atom. The van der Waals surface area contributed by atoms with Gasteiger partial charge in [-0.15, -0.1) is 0 Å². The summed E-state index contributed by atoms with van der Waals surface area (Å²) in [4.78, 5) is 22.8. The molecule has 0 aliphatic carbocycles. The molecule has 0 aliphatic rings. The van der Waals surface area contributed by atoms with Crippen molar-refractivity contribution in [1.29, 1.82) is 0 Å². The standard InChI is InChI=1S/C17H18N2O5/c1-11-13(7-6-8-14(11)19(21)22)18-17(20)12(2)24-16-10-5-4-9-15(16)23-3/h4-10,12H,1-3H3,(H,18,20)/t12-/m1/s1. The number of rotatable bonds is 6. The van der Waals surface area contributed by atoms with Gasteiger partial charge in [-0.25, -0.2) is 0 Å². The number of methoxy groups -OCH3 is 1. The highest BCUT2D eigenvalue weighted by atomic mass is 16.6. The average Bonchev–Trinajstić information content (AvgIpc) is 2.56. The van der Waals surface area contributed by atoms with Gasteiger partial charge < -0.3 is 14.8 Å². The molecule has 0 bridgehead atoms. The summed E-state index contributed by atoms with van der Waals surface area (Å²) in [5.74, 6) is 0.548. The van der Waals surface area contributed by atoms with E-state index >= 15 is 0 Å². The zero-order valence-corrected chi connectivity index (χ0v) is 13.6. The van der Waals surface area contributed by atoms with Gasteiger partial charge in [-0.1, -0.05) is 18.2 Å². The summed E-state index contributed by atoms with van der Waals surface area (Å²) in [6, 6.07) is 11.5. The van der Waals surface area contributed by atoms with Gasteiger partial charge in [0.1, 0.15) is 0 Å². The van der Waals surface area contributed by atoms with Crippen molar-refractivity contribution in [3.8, 4) is 11.5 Å². The summed E-state index contributed by atoms with van der Waals surface area (Å²) in [6.45, 7) is 3.17. The number of hydrogen-bond donors (Lipinski definition) is 1. The predicted octanol–water partition coefficient (Wildman–Crippen LogP) is 3.32. The predicted molar refractivity (Wildman–Crippen MR) is 89.5 cm³/mol. The second-order valence-corrected chi connectivity index (χ2v) is 5.11. The number of nitro benzene ring substituents is 1. The number of carbonyl (C=O) groups excluding carboxylic acids is 1. The van der Waals surface area contributed by atoms with E-state index in [0.717, 1.165) is 0 Å². The Balaban J connectivity index is 2.12. The third kappa shape index (κ3) is 3.81. The minimum absolute atomic E-state index is 0.0499. The second-order valence-electron chi connectivity index (χ2n) is 5.11. The van der Waals surface area contributed by atoms with Crippen LogP contribution in [0.25, 0.3) is 0 Å². The number of hydrogen-bond acceptors (Lipinski definition) is 5. The number of carbonyl (C=O) groups is 1. The van der Waals surface area contributed by atoms with Gasteiger partial charge in [0, 0.05) is 6.07 Å². The Morgan fingerprint density at radius 3 is 2.46 bits per heavy atom. The van der Waals surface area contributed by atoms with Gasteiger partial charge in [0.05, 0.1) is 23.3 Å². The number of nitrogens with one attached hydrogen (secondary N) is 1. The molecular formula is C17H18N2O5. The van der Waals surface area contributed by atoms with Gasteiger partial charge in [0.2, 0.25) is 0 Å². The second kappa shape index (κ2) is 7.45. The number of ether oxygens (including phenoxy) is 2. The number of benzene rings is 2. The first-order valence-electron chi connectivity index (χ1n) is 7.28. The zero-order chi connectivity index (χ0) is 17.7. The maximum atomic E-state index is 12.3. The monoisotopic (exact) mass is 330 g/mol. The molecule has 0 unspecified atom stereocenters. The fourth-order valence-electron chi connectivity index (χ4n) is 2.15. The van der Waals surface area contributed by atoms with E-state index in [1.54, 1.807) is 44.2 Å². The van der Waals surface area contributed by atoms with Gasteiger partial charge in [-0.05, 0) is 32.0 Å². The Hall–Kier alpha value is -3.09. The fraction of sp³-hybridized carbons (Fsp3) is 0.235. The van der Waals surface area contributed by atoms with Crippen LogP contribution >= 0.6 is 0 Å². The lowest BCUT2D eigenvalue weighted by molar-refractivity contribution is -0.385. The third-order valence-electron chi connectivity index (χ3n) is 3.50. The minimum atomic E-state index is -0.806. The van der Waals surface area contributed by atoms with Crippen LogP contribution in [0.2, 0.25) is 0 Å². The fourth-order valence-corrected chi connectivity index (χ4v) is 2.15.